The number of aromatic nitrogens is 1. The minimum atomic E-state index is -0.237. The van der Waals surface area contributed by atoms with Gasteiger partial charge in [0, 0.05) is 44.0 Å². The van der Waals surface area contributed by atoms with Gasteiger partial charge in [-0.2, -0.15) is 0 Å². The third kappa shape index (κ3) is 4.04. The van der Waals surface area contributed by atoms with Gasteiger partial charge in [0.1, 0.15) is 0 Å². The highest BCUT2D eigenvalue weighted by Crippen LogP contribution is 2.27. The van der Waals surface area contributed by atoms with Crippen molar-refractivity contribution in [1.82, 2.24) is 20.1 Å². The van der Waals surface area contributed by atoms with Crippen molar-refractivity contribution < 1.29 is 9.59 Å². The summed E-state index contributed by atoms with van der Waals surface area (Å²) in [5.74, 6) is -0.154. The van der Waals surface area contributed by atoms with E-state index in [4.69, 9.17) is 0 Å². The van der Waals surface area contributed by atoms with Gasteiger partial charge in [-0.15, -0.1) is 11.3 Å². The van der Waals surface area contributed by atoms with Crippen molar-refractivity contribution in [3.8, 4) is 0 Å². The molecule has 1 atom stereocenters. The zero-order valence-electron chi connectivity index (χ0n) is 15.4. The maximum atomic E-state index is 12.4. The van der Waals surface area contributed by atoms with Crippen molar-refractivity contribution in [3.63, 3.8) is 0 Å². The van der Waals surface area contributed by atoms with Crippen molar-refractivity contribution >= 4 is 23.2 Å². The molecule has 2 amide bonds. The van der Waals surface area contributed by atoms with E-state index in [1.807, 2.05) is 47.7 Å². The number of aryl methyl sites for hydroxylation is 1. The molecule has 2 fully saturated rings. The fraction of sp³-hybridized carbons (Fsp3) is 0.450. The molecule has 0 saturated carbocycles. The lowest BCUT2D eigenvalue weighted by Gasteiger charge is -2.44. The molecule has 2 saturated heterocycles. The highest BCUT2D eigenvalue weighted by molar-refractivity contribution is 7.09. The molecular formula is C20H24N4O2S. The van der Waals surface area contributed by atoms with Gasteiger partial charge in [0.25, 0.3) is 0 Å². The monoisotopic (exact) mass is 384 g/mol. The largest absolute Gasteiger partial charge is 0.352 e. The zero-order chi connectivity index (χ0) is 18.8. The molecule has 142 valence electrons. The van der Waals surface area contributed by atoms with E-state index in [2.05, 4.69) is 15.2 Å². The summed E-state index contributed by atoms with van der Waals surface area (Å²) in [6.45, 7) is 5.73. The molecule has 0 aliphatic carbocycles. The Balaban J connectivity index is 1.25. The van der Waals surface area contributed by atoms with E-state index in [1.165, 1.54) is 4.88 Å². The summed E-state index contributed by atoms with van der Waals surface area (Å²) in [5.41, 5.74) is 4.04. The topological polar surface area (TPSA) is 65.5 Å². The van der Waals surface area contributed by atoms with E-state index in [9.17, 15) is 9.59 Å². The summed E-state index contributed by atoms with van der Waals surface area (Å²) in [6, 6.07) is 10.1. The van der Waals surface area contributed by atoms with E-state index in [-0.39, 0.29) is 23.8 Å². The highest BCUT2D eigenvalue weighted by atomic mass is 32.1. The first-order valence-corrected chi connectivity index (χ1v) is 10.2. The van der Waals surface area contributed by atoms with E-state index in [1.54, 1.807) is 11.3 Å². The van der Waals surface area contributed by atoms with E-state index in [0.29, 0.717) is 19.5 Å². The van der Waals surface area contributed by atoms with Crippen LogP contribution in [0, 0.1) is 12.8 Å². The second kappa shape index (κ2) is 7.78. The van der Waals surface area contributed by atoms with Gasteiger partial charge in [-0.05, 0) is 12.5 Å². The second-order valence-corrected chi connectivity index (χ2v) is 8.30. The van der Waals surface area contributed by atoms with Crippen LogP contribution >= 0.6 is 11.3 Å². The standard InChI is InChI=1S/C20H24N4O2S/c1-14-18(27-13-22-14)12-23-10-17(11-23)24-9-16(7-19(24)25)20(26)21-8-15-5-3-2-4-6-15/h2-6,13,16-17H,7-12H2,1H3,(H,21,26). The van der Waals surface area contributed by atoms with Crippen LogP contribution in [0.25, 0.3) is 0 Å². The molecule has 1 unspecified atom stereocenters. The number of amides is 2. The Labute approximate surface area is 163 Å². The molecule has 0 spiro atoms. The number of carbonyl (C=O) groups is 2. The van der Waals surface area contributed by atoms with Crippen molar-refractivity contribution in [2.24, 2.45) is 5.92 Å². The van der Waals surface area contributed by atoms with E-state index < -0.39 is 0 Å². The molecule has 7 heteroatoms. The average Bonchev–Trinajstić information content (AvgIpc) is 3.22. The second-order valence-electron chi connectivity index (χ2n) is 7.36. The van der Waals surface area contributed by atoms with Gasteiger partial charge in [0.15, 0.2) is 0 Å². The fourth-order valence-electron chi connectivity index (χ4n) is 3.74. The van der Waals surface area contributed by atoms with E-state index in [0.717, 1.165) is 30.9 Å². The predicted octanol–water partition coefficient (Wildman–Crippen LogP) is 1.80. The van der Waals surface area contributed by atoms with Crippen LogP contribution in [0.5, 0.6) is 0 Å². The molecule has 1 aromatic heterocycles. The Morgan fingerprint density at radius 3 is 2.74 bits per heavy atom. The lowest BCUT2D eigenvalue weighted by molar-refractivity contribution is -0.133. The molecule has 1 aromatic carbocycles. The minimum absolute atomic E-state index is 0.0221. The van der Waals surface area contributed by atoms with Crippen molar-refractivity contribution in [3.05, 3.63) is 52.0 Å². The first kappa shape index (κ1) is 18.1. The Hall–Kier alpha value is -2.25. The number of benzene rings is 1. The molecule has 2 aliphatic heterocycles. The van der Waals surface area contributed by atoms with Crippen LogP contribution in [-0.4, -0.2) is 52.3 Å². The van der Waals surface area contributed by atoms with Gasteiger partial charge in [-0.1, -0.05) is 30.3 Å². The fourth-order valence-corrected chi connectivity index (χ4v) is 4.56. The number of hydrogen-bond donors (Lipinski definition) is 1. The van der Waals surface area contributed by atoms with Crippen molar-refractivity contribution in [1.29, 1.82) is 0 Å². The number of nitrogens with zero attached hydrogens (tertiary/aromatic N) is 3. The van der Waals surface area contributed by atoms with Crippen LogP contribution in [0.2, 0.25) is 0 Å². The van der Waals surface area contributed by atoms with Gasteiger partial charge in [-0.25, -0.2) is 4.98 Å². The SMILES string of the molecule is Cc1ncsc1CN1CC(N2CC(C(=O)NCc3ccccc3)CC2=O)C1. The number of thiazole rings is 1. The van der Waals surface area contributed by atoms with Gasteiger partial charge < -0.3 is 10.2 Å². The zero-order valence-corrected chi connectivity index (χ0v) is 16.2. The summed E-state index contributed by atoms with van der Waals surface area (Å²) in [5, 5.41) is 2.97. The minimum Gasteiger partial charge on any atom is -0.352 e. The molecule has 4 rings (SSSR count). The molecule has 6 nitrogen and oxygen atoms in total. The van der Waals surface area contributed by atoms with Crippen molar-refractivity contribution in [2.45, 2.75) is 32.5 Å². The first-order chi connectivity index (χ1) is 13.1. The maximum Gasteiger partial charge on any atom is 0.225 e. The van der Waals surface area contributed by atoms with Crippen LogP contribution in [0.4, 0.5) is 0 Å². The van der Waals surface area contributed by atoms with Gasteiger partial charge in [0.05, 0.1) is 23.2 Å². The molecule has 0 bridgehead atoms. The van der Waals surface area contributed by atoms with Crippen LogP contribution in [-0.2, 0) is 22.7 Å². The van der Waals surface area contributed by atoms with Crippen LogP contribution in [0.3, 0.4) is 0 Å². The summed E-state index contributed by atoms with van der Waals surface area (Å²) in [7, 11) is 0. The number of likely N-dealkylation sites (tertiary alicyclic amines) is 2. The molecule has 2 aromatic rings. The Morgan fingerprint density at radius 1 is 1.26 bits per heavy atom. The summed E-state index contributed by atoms with van der Waals surface area (Å²) >= 11 is 1.68. The quantitative estimate of drug-likeness (QED) is 0.825. The average molecular weight is 385 g/mol. The number of carbonyl (C=O) groups excluding carboxylic acids is 2. The van der Waals surface area contributed by atoms with Crippen molar-refractivity contribution in [2.75, 3.05) is 19.6 Å². The first-order valence-electron chi connectivity index (χ1n) is 9.32. The molecule has 0 radical (unpaired) electrons. The summed E-state index contributed by atoms with van der Waals surface area (Å²) in [4.78, 5) is 34.7. The van der Waals surface area contributed by atoms with Gasteiger partial charge in [0.2, 0.25) is 11.8 Å². The number of hydrogen-bond acceptors (Lipinski definition) is 5. The lowest BCUT2D eigenvalue weighted by Crippen LogP contribution is -2.59. The smallest absolute Gasteiger partial charge is 0.225 e. The third-order valence-electron chi connectivity index (χ3n) is 5.43. The summed E-state index contributed by atoms with van der Waals surface area (Å²) in [6.07, 6.45) is 0.324. The molecule has 3 heterocycles. The Morgan fingerprint density at radius 2 is 2.04 bits per heavy atom. The third-order valence-corrected chi connectivity index (χ3v) is 6.35. The lowest BCUT2D eigenvalue weighted by atomic mass is 10.1. The van der Waals surface area contributed by atoms with Crippen LogP contribution < -0.4 is 5.32 Å². The molecular weight excluding hydrogens is 360 g/mol. The normalized spacial score (nSPS) is 20.7. The molecule has 27 heavy (non-hydrogen) atoms. The number of rotatable bonds is 6. The Kier molecular flexibility index (Phi) is 5.22. The molecule has 1 N–H and O–H groups in total. The van der Waals surface area contributed by atoms with Crippen LogP contribution in [0.1, 0.15) is 22.6 Å². The maximum absolute atomic E-state index is 12.4. The Bertz CT molecular complexity index is 816. The molecule has 2 aliphatic rings. The summed E-state index contributed by atoms with van der Waals surface area (Å²) < 4.78 is 0. The highest BCUT2D eigenvalue weighted by Gasteiger charge is 2.42. The van der Waals surface area contributed by atoms with Crippen LogP contribution in [0.15, 0.2) is 35.8 Å². The van der Waals surface area contributed by atoms with Gasteiger partial charge >= 0.3 is 0 Å². The predicted molar refractivity (Wildman–Crippen MR) is 104 cm³/mol. The van der Waals surface area contributed by atoms with Gasteiger partial charge in [-0.3, -0.25) is 14.5 Å². The number of nitrogens with one attached hydrogen (secondary N) is 1. The van der Waals surface area contributed by atoms with E-state index >= 15 is 0 Å².